The summed E-state index contributed by atoms with van der Waals surface area (Å²) in [7, 11) is 4.09. The van der Waals surface area contributed by atoms with Gasteiger partial charge in [0, 0.05) is 48.7 Å². The van der Waals surface area contributed by atoms with Crippen molar-refractivity contribution in [2.75, 3.05) is 23.9 Å². The number of hydrogen-bond donors (Lipinski definition) is 2. The third kappa shape index (κ3) is 4.12. The first-order chi connectivity index (χ1) is 16.8. The minimum absolute atomic E-state index is 0.108. The van der Waals surface area contributed by atoms with Crippen molar-refractivity contribution in [3.05, 3.63) is 102 Å². The number of aromatic hydroxyl groups is 1. The minimum Gasteiger partial charge on any atom is -0.508 e. The van der Waals surface area contributed by atoms with Crippen molar-refractivity contribution in [1.29, 1.82) is 0 Å². The molecule has 2 atom stereocenters. The van der Waals surface area contributed by atoms with Crippen molar-refractivity contribution < 1.29 is 5.11 Å². The summed E-state index contributed by atoms with van der Waals surface area (Å²) in [6, 6.07) is 23.8. The van der Waals surface area contributed by atoms with E-state index in [1.807, 2.05) is 50.6 Å². The van der Waals surface area contributed by atoms with Gasteiger partial charge in [-0.2, -0.15) is 0 Å². The van der Waals surface area contributed by atoms with E-state index in [2.05, 4.69) is 68.8 Å². The largest absolute Gasteiger partial charge is 0.508 e. The molecule has 2 N–H and O–H groups in total. The average molecular weight is 484 g/mol. The summed E-state index contributed by atoms with van der Waals surface area (Å²) in [6.07, 6.45) is 1.82. The number of pyridine rings is 1. The summed E-state index contributed by atoms with van der Waals surface area (Å²) in [4.78, 5) is 8.89. The molecule has 2 aromatic heterocycles. The number of phenols is 1. The second kappa shape index (κ2) is 9.07. The molecule has 4 aromatic rings. The second-order valence-corrected chi connectivity index (χ2v) is 9.47. The number of rotatable bonds is 5. The predicted octanol–water partition coefficient (Wildman–Crippen LogP) is 5.44. The molecule has 1 fully saturated rings. The van der Waals surface area contributed by atoms with Crippen molar-refractivity contribution in [2.24, 2.45) is 0 Å². The highest BCUT2D eigenvalue weighted by atomic mass is 32.1. The van der Waals surface area contributed by atoms with Gasteiger partial charge in [0.1, 0.15) is 5.75 Å². The molecular formula is C28H29N5OS. The molecule has 1 aliphatic rings. The Morgan fingerprint density at radius 1 is 0.943 bits per heavy atom. The first-order valence-corrected chi connectivity index (χ1v) is 12.0. The van der Waals surface area contributed by atoms with Gasteiger partial charge in [0.2, 0.25) is 0 Å². The fourth-order valence-electron chi connectivity index (χ4n) is 4.95. The lowest BCUT2D eigenvalue weighted by Gasteiger charge is -2.28. The molecule has 178 valence electrons. The molecule has 0 unspecified atom stereocenters. The molecule has 7 heteroatoms. The van der Waals surface area contributed by atoms with Crippen molar-refractivity contribution in [3.63, 3.8) is 0 Å². The third-order valence-corrected chi connectivity index (χ3v) is 6.95. The smallest absolute Gasteiger partial charge is 0.174 e. The Morgan fingerprint density at radius 3 is 2.26 bits per heavy atom. The fourth-order valence-corrected chi connectivity index (χ4v) is 5.29. The number of nitrogens with zero attached hydrogens (tertiary/aromatic N) is 4. The number of thiocarbonyl (C=S) groups is 1. The Bertz CT molecular complexity index is 1350. The van der Waals surface area contributed by atoms with E-state index in [0.29, 0.717) is 5.11 Å². The van der Waals surface area contributed by atoms with Gasteiger partial charge in [-0.15, -0.1) is 0 Å². The van der Waals surface area contributed by atoms with E-state index in [9.17, 15) is 5.11 Å². The van der Waals surface area contributed by atoms with Crippen LogP contribution in [0.25, 0.3) is 5.69 Å². The predicted molar refractivity (Wildman–Crippen MR) is 146 cm³/mol. The second-order valence-electron chi connectivity index (χ2n) is 9.09. The first-order valence-electron chi connectivity index (χ1n) is 11.6. The number of benzene rings is 2. The Kier molecular flexibility index (Phi) is 5.94. The highest BCUT2D eigenvalue weighted by molar-refractivity contribution is 7.80. The van der Waals surface area contributed by atoms with Crippen LogP contribution >= 0.6 is 12.2 Å². The van der Waals surface area contributed by atoms with E-state index in [1.54, 1.807) is 12.1 Å². The van der Waals surface area contributed by atoms with Gasteiger partial charge >= 0.3 is 0 Å². The Hall–Kier alpha value is -3.84. The van der Waals surface area contributed by atoms with Crippen molar-refractivity contribution in [3.8, 4) is 11.4 Å². The highest BCUT2D eigenvalue weighted by Crippen LogP contribution is 2.44. The molecule has 0 amide bonds. The maximum absolute atomic E-state index is 9.86. The van der Waals surface area contributed by atoms with E-state index >= 15 is 0 Å². The number of aromatic nitrogens is 2. The molecule has 0 radical (unpaired) electrons. The monoisotopic (exact) mass is 483 g/mol. The molecule has 0 bridgehead atoms. The molecule has 0 spiro atoms. The zero-order valence-electron chi connectivity index (χ0n) is 20.3. The van der Waals surface area contributed by atoms with Crippen molar-refractivity contribution in [2.45, 2.75) is 25.9 Å². The van der Waals surface area contributed by atoms with Crippen LogP contribution in [-0.2, 0) is 0 Å². The average Bonchev–Trinajstić information content (AvgIpc) is 3.35. The van der Waals surface area contributed by atoms with Gasteiger partial charge in [0.25, 0.3) is 0 Å². The summed E-state index contributed by atoms with van der Waals surface area (Å²) >= 11 is 5.84. The summed E-state index contributed by atoms with van der Waals surface area (Å²) in [5, 5.41) is 14.0. The van der Waals surface area contributed by atoms with Crippen LogP contribution in [0.2, 0.25) is 0 Å². The van der Waals surface area contributed by atoms with Crippen molar-refractivity contribution in [1.82, 2.24) is 14.9 Å². The number of aryl methyl sites for hydroxylation is 1. The van der Waals surface area contributed by atoms with Crippen LogP contribution in [-0.4, -0.2) is 33.9 Å². The lowest BCUT2D eigenvalue weighted by atomic mass is 9.96. The number of phenolic OH excluding ortho intramolecular Hbond substituents is 1. The Balaban J connectivity index is 1.64. The van der Waals surface area contributed by atoms with Gasteiger partial charge in [-0.05, 0) is 98.4 Å². The molecule has 0 saturated carbocycles. The molecule has 1 saturated heterocycles. The van der Waals surface area contributed by atoms with Crippen molar-refractivity contribution >= 4 is 28.7 Å². The van der Waals surface area contributed by atoms with Crippen LogP contribution in [0.15, 0.2) is 79.0 Å². The molecule has 5 rings (SSSR count). The van der Waals surface area contributed by atoms with Crippen LogP contribution in [0.5, 0.6) is 5.75 Å². The third-order valence-electron chi connectivity index (χ3n) is 6.64. The van der Waals surface area contributed by atoms with Gasteiger partial charge in [0.05, 0.1) is 17.8 Å². The van der Waals surface area contributed by atoms with E-state index in [1.165, 1.54) is 5.56 Å². The van der Waals surface area contributed by atoms with Gasteiger partial charge in [-0.25, -0.2) is 0 Å². The molecule has 2 aromatic carbocycles. The summed E-state index contributed by atoms with van der Waals surface area (Å²) in [5.41, 5.74) is 7.62. The molecule has 3 heterocycles. The molecule has 35 heavy (non-hydrogen) atoms. The van der Waals surface area contributed by atoms with Crippen LogP contribution in [0, 0.1) is 13.8 Å². The Labute approximate surface area is 211 Å². The SMILES string of the molecule is Cc1cc([C@H]2[C@@H](c3ccccn3)NC(=S)N2c2ccc(O)cc2)c(C)n1-c1ccc(N(C)C)cc1. The number of hydrogen-bond acceptors (Lipinski definition) is 4. The number of anilines is 2. The van der Waals surface area contributed by atoms with Crippen LogP contribution in [0.4, 0.5) is 11.4 Å². The van der Waals surface area contributed by atoms with E-state index < -0.39 is 0 Å². The number of nitrogens with one attached hydrogen (secondary N) is 1. The zero-order chi connectivity index (χ0) is 24.7. The van der Waals surface area contributed by atoms with Crippen LogP contribution in [0.3, 0.4) is 0 Å². The maximum atomic E-state index is 9.86. The quantitative estimate of drug-likeness (QED) is 0.369. The van der Waals surface area contributed by atoms with Gasteiger partial charge in [-0.1, -0.05) is 6.07 Å². The van der Waals surface area contributed by atoms with Gasteiger partial charge in [-0.3, -0.25) is 4.98 Å². The van der Waals surface area contributed by atoms with Gasteiger partial charge in [0.15, 0.2) is 5.11 Å². The van der Waals surface area contributed by atoms with E-state index in [4.69, 9.17) is 12.2 Å². The summed E-state index contributed by atoms with van der Waals surface area (Å²) < 4.78 is 2.29. The van der Waals surface area contributed by atoms with Crippen LogP contribution < -0.4 is 15.1 Å². The topological polar surface area (TPSA) is 56.6 Å². The van der Waals surface area contributed by atoms with E-state index in [-0.39, 0.29) is 17.8 Å². The molecule has 0 aliphatic carbocycles. The highest BCUT2D eigenvalue weighted by Gasteiger charge is 2.42. The zero-order valence-corrected chi connectivity index (χ0v) is 21.1. The molecule has 1 aliphatic heterocycles. The summed E-state index contributed by atoms with van der Waals surface area (Å²) in [6.45, 7) is 4.30. The maximum Gasteiger partial charge on any atom is 0.174 e. The lowest BCUT2D eigenvalue weighted by Crippen LogP contribution is -2.29. The first kappa shape index (κ1) is 22.9. The standard InChI is InChI=1S/C28H29N5OS/c1-18-17-24(19(2)32(18)21-10-8-20(9-11-21)31(3)4)27-26(25-7-5-6-16-29-25)30-28(35)33(27)22-12-14-23(34)15-13-22/h5-17,26-27,34H,1-4H3,(H,30,35)/t26-,27+/m1/s1. The molecular weight excluding hydrogens is 454 g/mol. The summed E-state index contributed by atoms with van der Waals surface area (Å²) in [5.74, 6) is 0.226. The van der Waals surface area contributed by atoms with Crippen LogP contribution in [0.1, 0.15) is 34.7 Å². The van der Waals surface area contributed by atoms with E-state index in [0.717, 1.165) is 34.1 Å². The lowest BCUT2D eigenvalue weighted by molar-refractivity contribution is 0.475. The van der Waals surface area contributed by atoms with Gasteiger partial charge < -0.3 is 24.8 Å². The fraction of sp³-hybridized carbons (Fsp3) is 0.214. The molecule has 6 nitrogen and oxygen atoms in total. The normalized spacial score (nSPS) is 17.5. The Morgan fingerprint density at radius 2 is 1.63 bits per heavy atom. The minimum atomic E-state index is -0.123.